The van der Waals surface area contributed by atoms with Gasteiger partial charge in [0.1, 0.15) is 0 Å². The first kappa shape index (κ1) is 19.1. The minimum absolute atomic E-state index is 0.165. The van der Waals surface area contributed by atoms with Crippen molar-refractivity contribution in [3.8, 4) is 11.4 Å². The third kappa shape index (κ3) is 3.81. The van der Waals surface area contributed by atoms with Crippen LogP contribution in [0.4, 0.5) is 13.2 Å². The van der Waals surface area contributed by atoms with Crippen LogP contribution in [-0.2, 0) is 12.7 Å². The van der Waals surface area contributed by atoms with Crippen molar-refractivity contribution >= 4 is 44.1 Å². The molecule has 0 fully saturated rings. The average Bonchev–Trinajstić information content (AvgIpc) is 2.97. The Kier molecular flexibility index (Phi) is 4.96. The van der Waals surface area contributed by atoms with Crippen molar-refractivity contribution < 1.29 is 13.2 Å². The molecule has 0 aliphatic carbocycles. The molecular weight excluding hydrogens is 502 g/mol. The zero-order valence-corrected chi connectivity index (χ0v) is 17.0. The first-order valence-corrected chi connectivity index (χ1v) is 9.98. The van der Waals surface area contributed by atoms with Crippen LogP contribution >= 0.6 is 33.9 Å². The van der Waals surface area contributed by atoms with Crippen LogP contribution in [0.5, 0.6) is 0 Å². The highest BCUT2D eigenvalue weighted by atomic mass is 127. The fourth-order valence-corrected chi connectivity index (χ4v) is 3.99. The molecular formula is C19H11F3IN3OS. The monoisotopic (exact) mass is 513 g/mol. The predicted octanol–water partition coefficient (Wildman–Crippen LogP) is 5.19. The van der Waals surface area contributed by atoms with Crippen LogP contribution in [-0.4, -0.2) is 14.5 Å². The normalized spacial score (nSPS) is 11.9. The Hall–Kier alpha value is -2.27. The number of fused-ring (bicyclic) bond motifs is 1. The molecule has 4 rings (SSSR count). The molecule has 0 N–H and O–H groups in total. The summed E-state index contributed by atoms with van der Waals surface area (Å²) in [4.78, 5) is 20.6. The van der Waals surface area contributed by atoms with Crippen molar-refractivity contribution in [1.82, 2.24) is 14.5 Å². The van der Waals surface area contributed by atoms with E-state index in [4.69, 9.17) is 0 Å². The highest BCUT2D eigenvalue weighted by Crippen LogP contribution is 2.32. The molecule has 0 saturated heterocycles. The molecule has 4 aromatic rings. The maximum absolute atomic E-state index is 13.1. The van der Waals surface area contributed by atoms with E-state index in [0.29, 0.717) is 10.5 Å². The van der Waals surface area contributed by atoms with E-state index >= 15 is 0 Å². The standard InChI is InChI=1S/C19H11F3IN3OS/c20-19(21,22)13-4-5-16-15(7-13)26(18(27)28-16)10-11-2-1-3-12(6-11)17-24-8-14(23)9-25-17/h1-9H,10H2. The van der Waals surface area contributed by atoms with E-state index in [-0.39, 0.29) is 16.9 Å². The van der Waals surface area contributed by atoms with Gasteiger partial charge in [0.15, 0.2) is 5.82 Å². The van der Waals surface area contributed by atoms with Crippen molar-refractivity contribution in [1.29, 1.82) is 0 Å². The molecule has 0 radical (unpaired) electrons. The number of halogens is 4. The highest BCUT2D eigenvalue weighted by Gasteiger charge is 2.31. The van der Waals surface area contributed by atoms with E-state index in [1.54, 1.807) is 12.4 Å². The third-order valence-electron chi connectivity index (χ3n) is 4.14. The second-order valence-electron chi connectivity index (χ2n) is 6.06. The molecule has 0 saturated carbocycles. The van der Waals surface area contributed by atoms with Gasteiger partial charge in [0.25, 0.3) is 0 Å². The summed E-state index contributed by atoms with van der Waals surface area (Å²) in [6.45, 7) is 0.165. The average molecular weight is 513 g/mol. The number of thiazole rings is 1. The molecule has 0 atom stereocenters. The topological polar surface area (TPSA) is 47.8 Å². The maximum Gasteiger partial charge on any atom is 0.416 e. The lowest BCUT2D eigenvalue weighted by molar-refractivity contribution is -0.137. The van der Waals surface area contributed by atoms with Gasteiger partial charge in [0.05, 0.1) is 22.3 Å². The first-order chi connectivity index (χ1) is 13.3. The van der Waals surface area contributed by atoms with Crippen molar-refractivity contribution in [2.45, 2.75) is 12.7 Å². The Morgan fingerprint density at radius 3 is 2.54 bits per heavy atom. The Labute approximate surface area is 174 Å². The molecule has 0 amide bonds. The first-order valence-electron chi connectivity index (χ1n) is 8.09. The summed E-state index contributed by atoms with van der Waals surface area (Å²) < 4.78 is 42.0. The van der Waals surface area contributed by atoms with E-state index < -0.39 is 11.7 Å². The van der Waals surface area contributed by atoms with Gasteiger partial charge >= 0.3 is 11.0 Å². The molecule has 0 unspecified atom stereocenters. The second-order valence-corrected chi connectivity index (χ2v) is 8.30. The van der Waals surface area contributed by atoms with Crippen LogP contribution < -0.4 is 4.87 Å². The molecule has 0 spiro atoms. The summed E-state index contributed by atoms with van der Waals surface area (Å²) in [5.41, 5.74) is 1.06. The van der Waals surface area contributed by atoms with E-state index in [1.165, 1.54) is 10.6 Å². The number of benzene rings is 2. The minimum Gasteiger partial charge on any atom is -0.294 e. The van der Waals surface area contributed by atoms with Crippen LogP contribution in [0.1, 0.15) is 11.1 Å². The van der Waals surface area contributed by atoms with Gasteiger partial charge in [-0.25, -0.2) is 9.97 Å². The van der Waals surface area contributed by atoms with E-state index in [1.807, 2.05) is 24.3 Å². The molecule has 2 aromatic heterocycles. The molecule has 0 bridgehead atoms. The molecule has 142 valence electrons. The van der Waals surface area contributed by atoms with Gasteiger partial charge in [-0.3, -0.25) is 9.36 Å². The summed E-state index contributed by atoms with van der Waals surface area (Å²) >= 11 is 3.05. The zero-order valence-electron chi connectivity index (χ0n) is 14.1. The SMILES string of the molecule is O=c1sc2ccc(C(F)(F)F)cc2n1Cc1cccc(-c2ncc(I)cn2)c1. The smallest absolute Gasteiger partial charge is 0.294 e. The van der Waals surface area contributed by atoms with Crippen LogP contribution in [0.25, 0.3) is 21.6 Å². The summed E-state index contributed by atoms with van der Waals surface area (Å²) in [5.74, 6) is 0.546. The van der Waals surface area contributed by atoms with Crippen LogP contribution in [0.15, 0.2) is 59.7 Å². The lowest BCUT2D eigenvalue weighted by Crippen LogP contribution is -2.14. The largest absolute Gasteiger partial charge is 0.416 e. The number of aromatic nitrogens is 3. The maximum atomic E-state index is 13.1. The summed E-state index contributed by atoms with van der Waals surface area (Å²) in [6.07, 6.45) is -1.06. The van der Waals surface area contributed by atoms with Crippen LogP contribution in [0, 0.1) is 3.57 Å². The molecule has 0 aliphatic rings. The molecule has 0 aliphatic heterocycles. The van der Waals surface area contributed by atoms with E-state index in [9.17, 15) is 18.0 Å². The quantitative estimate of drug-likeness (QED) is 0.355. The third-order valence-corrected chi connectivity index (χ3v) is 5.66. The summed E-state index contributed by atoms with van der Waals surface area (Å²) in [5, 5.41) is 0. The molecule has 9 heteroatoms. The fourth-order valence-electron chi connectivity index (χ4n) is 2.84. The molecule has 4 nitrogen and oxygen atoms in total. The van der Waals surface area contributed by atoms with Gasteiger partial charge in [-0.15, -0.1) is 0 Å². The fraction of sp³-hybridized carbons (Fsp3) is 0.105. The van der Waals surface area contributed by atoms with Gasteiger partial charge in [0, 0.05) is 21.5 Å². The second kappa shape index (κ2) is 7.28. The van der Waals surface area contributed by atoms with E-state index in [2.05, 4.69) is 32.6 Å². The van der Waals surface area contributed by atoms with Crippen molar-refractivity contribution in [3.63, 3.8) is 0 Å². The van der Waals surface area contributed by atoms with Crippen molar-refractivity contribution in [3.05, 3.63) is 79.2 Å². The van der Waals surface area contributed by atoms with Gasteiger partial charge in [-0.1, -0.05) is 29.5 Å². The van der Waals surface area contributed by atoms with Crippen molar-refractivity contribution in [2.75, 3.05) is 0 Å². The summed E-state index contributed by atoms with van der Waals surface area (Å²) in [7, 11) is 0. The molecule has 2 aromatic carbocycles. The van der Waals surface area contributed by atoms with Crippen LogP contribution in [0.3, 0.4) is 0 Å². The van der Waals surface area contributed by atoms with Gasteiger partial charge < -0.3 is 0 Å². The number of hydrogen-bond acceptors (Lipinski definition) is 4. The van der Waals surface area contributed by atoms with Gasteiger partial charge in [0.2, 0.25) is 0 Å². The van der Waals surface area contributed by atoms with Gasteiger partial charge in [-0.2, -0.15) is 13.2 Å². The highest BCUT2D eigenvalue weighted by molar-refractivity contribution is 14.1. The number of alkyl halides is 3. The zero-order chi connectivity index (χ0) is 19.9. The molecule has 28 heavy (non-hydrogen) atoms. The number of rotatable bonds is 3. The van der Waals surface area contributed by atoms with Crippen molar-refractivity contribution in [2.24, 2.45) is 0 Å². The Balaban J connectivity index is 1.74. The molecule has 2 heterocycles. The minimum atomic E-state index is -4.46. The number of nitrogens with zero attached hydrogens (tertiary/aromatic N) is 3. The number of hydrogen-bond donors (Lipinski definition) is 0. The lowest BCUT2D eigenvalue weighted by atomic mass is 10.1. The Morgan fingerprint density at radius 2 is 1.82 bits per heavy atom. The van der Waals surface area contributed by atoms with Crippen LogP contribution in [0.2, 0.25) is 0 Å². The summed E-state index contributed by atoms with van der Waals surface area (Å²) in [6, 6.07) is 10.7. The van der Waals surface area contributed by atoms with Gasteiger partial charge in [-0.05, 0) is 52.4 Å². The lowest BCUT2D eigenvalue weighted by Gasteiger charge is -2.09. The predicted molar refractivity (Wildman–Crippen MR) is 110 cm³/mol. The Bertz CT molecular complexity index is 1220. The van der Waals surface area contributed by atoms with E-state index in [0.717, 1.165) is 38.2 Å². The Morgan fingerprint density at radius 1 is 1.07 bits per heavy atom.